The molecule has 0 radical (unpaired) electrons. The molecule has 0 saturated heterocycles. The van der Waals surface area contributed by atoms with Crippen LogP contribution < -0.4 is 5.32 Å². The van der Waals surface area contributed by atoms with Crippen molar-refractivity contribution in [2.24, 2.45) is 0 Å². The van der Waals surface area contributed by atoms with Gasteiger partial charge in [-0.05, 0) is 31.9 Å². The lowest BCUT2D eigenvalue weighted by molar-refractivity contribution is -0.141. The Labute approximate surface area is 175 Å². The summed E-state index contributed by atoms with van der Waals surface area (Å²) >= 11 is 0. The zero-order valence-electron chi connectivity index (χ0n) is 18.0. The first-order valence-electron chi connectivity index (χ1n) is 9.57. The second kappa shape index (κ2) is 10.6. The normalized spacial score (nSPS) is 11.6. The summed E-state index contributed by atoms with van der Waals surface area (Å²) in [7, 11) is 2.82. The first kappa shape index (κ1) is 23.2. The van der Waals surface area contributed by atoms with Crippen molar-refractivity contribution in [3.63, 3.8) is 0 Å². The van der Waals surface area contributed by atoms with Crippen molar-refractivity contribution in [2.75, 3.05) is 27.4 Å². The summed E-state index contributed by atoms with van der Waals surface area (Å²) in [4.78, 5) is 40.2. The average molecular weight is 416 g/mol. The number of benzene rings is 1. The molecule has 2 aromatic rings. The topological polar surface area (TPSA) is 107 Å². The molecule has 1 unspecified atom stereocenters. The van der Waals surface area contributed by atoms with E-state index in [1.807, 2.05) is 31.2 Å². The van der Waals surface area contributed by atoms with Gasteiger partial charge < -0.3 is 24.5 Å². The fraction of sp³-hybridized carbons (Fsp3) is 0.409. The molecule has 8 nitrogen and oxygen atoms in total. The largest absolute Gasteiger partial charge is 0.469 e. The highest BCUT2D eigenvalue weighted by molar-refractivity contribution is 6.00. The molecule has 0 aliphatic heterocycles. The number of aromatic nitrogens is 1. The van der Waals surface area contributed by atoms with Gasteiger partial charge in [0.25, 0.3) is 5.91 Å². The van der Waals surface area contributed by atoms with Crippen LogP contribution in [0.4, 0.5) is 0 Å². The molecule has 1 amide bonds. The summed E-state index contributed by atoms with van der Waals surface area (Å²) in [5, 5.41) is 2.86. The summed E-state index contributed by atoms with van der Waals surface area (Å²) in [5.41, 5.74) is 3.41. The number of esters is 2. The van der Waals surface area contributed by atoms with Crippen LogP contribution in [0.1, 0.15) is 55.7 Å². The van der Waals surface area contributed by atoms with Crippen molar-refractivity contribution >= 4 is 17.8 Å². The zero-order valence-corrected chi connectivity index (χ0v) is 18.0. The molecule has 2 N–H and O–H groups in total. The molecule has 0 aliphatic rings. The van der Waals surface area contributed by atoms with Crippen molar-refractivity contribution < 1.29 is 28.6 Å². The van der Waals surface area contributed by atoms with Gasteiger partial charge in [0.2, 0.25) is 0 Å². The fourth-order valence-electron chi connectivity index (χ4n) is 3.10. The molecular formula is C22H28N2O6. The number of carbonyl (C=O) groups is 3. The third-order valence-corrected chi connectivity index (χ3v) is 4.77. The van der Waals surface area contributed by atoms with Crippen LogP contribution in [0.15, 0.2) is 24.3 Å². The number of nitrogens with one attached hydrogen (secondary N) is 2. The number of methoxy groups -OCH3 is 2. The molecule has 1 aromatic carbocycles. The molecule has 1 atom stereocenters. The van der Waals surface area contributed by atoms with E-state index >= 15 is 0 Å². The molecule has 2 rings (SSSR count). The van der Waals surface area contributed by atoms with Gasteiger partial charge in [0.05, 0.1) is 31.7 Å². The number of hydrogen-bond donors (Lipinski definition) is 2. The van der Waals surface area contributed by atoms with Crippen molar-refractivity contribution in [1.29, 1.82) is 0 Å². The van der Waals surface area contributed by atoms with Gasteiger partial charge >= 0.3 is 11.9 Å². The Hall–Kier alpha value is -3.13. The Morgan fingerprint density at radius 1 is 1.03 bits per heavy atom. The van der Waals surface area contributed by atoms with Gasteiger partial charge in [-0.15, -0.1) is 0 Å². The van der Waals surface area contributed by atoms with E-state index in [-0.39, 0.29) is 25.3 Å². The van der Waals surface area contributed by atoms with Crippen LogP contribution in [0.25, 0.3) is 0 Å². The first-order chi connectivity index (χ1) is 14.3. The number of aryl methyl sites for hydroxylation is 2. The van der Waals surface area contributed by atoms with Crippen molar-refractivity contribution in [1.82, 2.24) is 10.3 Å². The predicted octanol–water partition coefficient (Wildman–Crippen LogP) is 2.78. The van der Waals surface area contributed by atoms with E-state index in [0.29, 0.717) is 16.8 Å². The van der Waals surface area contributed by atoms with Crippen LogP contribution in [0.5, 0.6) is 0 Å². The Morgan fingerprint density at radius 3 is 2.30 bits per heavy atom. The van der Waals surface area contributed by atoms with Gasteiger partial charge in [-0.25, -0.2) is 4.79 Å². The van der Waals surface area contributed by atoms with Gasteiger partial charge in [-0.2, -0.15) is 0 Å². The van der Waals surface area contributed by atoms with Crippen molar-refractivity contribution in [2.45, 2.75) is 33.2 Å². The highest BCUT2D eigenvalue weighted by Gasteiger charge is 2.26. The Bertz CT molecular complexity index is 901. The summed E-state index contributed by atoms with van der Waals surface area (Å²) in [5.74, 6) is -1.40. The van der Waals surface area contributed by atoms with E-state index in [1.165, 1.54) is 14.2 Å². The molecule has 1 aromatic heterocycles. The molecule has 1 heterocycles. The first-order valence-corrected chi connectivity index (χ1v) is 9.57. The van der Waals surface area contributed by atoms with Gasteiger partial charge in [-0.3, -0.25) is 9.59 Å². The monoisotopic (exact) mass is 416 g/mol. The smallest absolute Gasteiger partial charge is 0.340 e. The van der Waals surface area contributed by atoms with E-state index in [4.69, 9.17) is 14.2 Å². The third-order valence-electron chi connectivity index (χ3n) is 4.77. The SMILES string of the molecule is COCCOC(=O)c1c(C)[nH]c(C(=O)NC(CC(=O)OC)c2ccc(C)cc2)c1C. The van der Waals surface area contributed by atoms with E-state index in [1.54, 1.807) is 13.8 Å². The molecular weight excluding hydrogens is 388 g/mol. The van der Waals surface area contributed by atoms with Crippen molar-refractivity contribution in [3.05, 3.63) is 57.9 Å². The summed E-state index contributed by atoms with van der Waals surface area (Å²) in [6, 6.07) is 6.95. The van der Waals surface area contributed by atoms with Crippen LogP contribution in [-0.4, -0.2) is 50.3 Å². The van der Waals surface area contributed by atoms with Crippen LogP contribution in [-0.2, 0) is 19.0 Å². The second-order valence-corrected chi connectivity index (χ2v) is 6.97. The lowest BCUT2D eigenvalue weighted by Gasteiger charge is -2.18. The van der Waals surface area contributed by atoms with Crippen LogP contribution in [0.2, 0.25) is 0 Å². The van der Waals surface area contributed by atoms with E-state index in [9.17, 15) is 14.4 Å². The maximum Gasteiger partial charge on any atom is 0.340 e. The number of H-pyrrole nitrogens is 1. The minimum atomic E-state index is -0.578. The number of ether oxygens (including phenoxy) is 3. The molecule has 30 heavy (non-hydrogen) atoms. The number of aromatic amines is 1. The molecule has 8 heteroatoms. The van der Waals surface area contributed by atoms with E-state index < -0.39 is 23.9 Å². The molecule has 0 fully saturated rings. The molecule has 0 spiro atoms. The Balaban J connectivity index is 2.24. The quantitative estimate of drug-likeness (QED) is 0.481. The van der Waals surface area contributed by atoms with Crippen molar-refractivity contribution in [3.8, 4) is 0 Å². The Kier molecular flexibility index (Phi) is 8.17. The standard InChI is InChI=1S/C22H28N2O6/c1-13-6-8-16(9-7-13)17(12-18(25)29-5)24-21(26)20-14(2)19(15(3)23-20)22(27)30-11-10-28-4/h6-9,17,23H,10-12H2,1-5H3,(H,24,26). The number of amides is 1. The average Bonchev–Trinajstić information content (AvgIpc) is 3.02. The summed E-state index contributed by atoms with van der Waals surface area (Å²) < 4.78 is 14.8. The van der Waals surface area contributed by atoms with Crippen LogP contribution >= 0.6 is 0 Å². The maximum atomic E-state index is 13.0. The van der Waals surface area contributed by atoms with Gasteiger partial charge in [0.15, 0.2) is 0 Å². The molecule has 0 bridgehead atoms. The third kappa shape index (κ3) is 5.70. The lowest BCUT2D eigenvalue weighted by atomic mass is 10.0. The van der Waals surface area contributed by atoms with E-state index in [0.717, 1.165) is 11.1 Å². The number of carbonyl (C=O) groups excluding carboxylic acids is 3. The second-order valence-electron chi connectivity index (χ2n) is 6.97. The predicted molar refractivity (Wildman–Crippen MR) is 110 cm³/mol. The number of rotatable bonds is 9. The fourth-order valence-corrected chi connectivity index (χ4v) is 3.10. The molecule has 162 valence electrons. The summed E-state index contributed by atoms with van der Waals surface area (Å²) in [6.45, 7) is 5.73. The zero-order chi connectivity index (χ0) is 22.3. The summed E-state index contributed by atoms with van der Waals surface area (Å²) in [6.07, 6.45) is -0.0179. The van der Waals surface area contributed by atoms with Gasteiger partial charge in [0.1, 0.15) is 12.3 Å². The highest BCUT2D eigenvalue weighted by atomic mass is 16.6. The maximum absolute atomic E-state index is 13.0. The Morgan fingerprint density at radius 2 is 1.70 bits per heavy atom. The van der Waals surface area contributed by atoms with E-state index in [2.05, 4.69) is 10.3 Å². The number of hydrogen-bond acceptors (Lipinski definition) is 6. The van der Waals surface area contributed by atoms with Crippen LogP contribution in [0.3, 0.4) is 0 Å². The van der Waals surface area contributed by atoms with Crippen LogP contribution in [0, 0.1) is 20.8 Å². The molecule has 0 aliphatic carbocycles. The minimum Gasteiger partial charge on any atom is -0.469 e. The molecule has 0 saturated carbocycles. The highest BCUT2D eigenvalue weighted by Crippen LogP contribution is 2.22. The minimum absolute atomic E-state index is 0.0179. The lowest BCUT2D eigenvalue weighted by Crippen LogP contribution is -2.31. The van der Waals surface area contributed by atoms with Gasteiger partial charge in [-0.1, -0.05) is 29.8 Å². The van der Waals surface area contributed by atoms with Gasteiger partial charge in [0, 0.05) is 12.8 Å².